The highest BCUT2D eigenvalue weighted by Gasteiger charge is 2.41. The Morgan fingerprint density at radius 3 is 2.07 bits per heavy atom. The van der Waals surface area contributed by atoms with E-state index in [-0.39, 0.29) is 6.42 Å². The molecule has 5 heteroatoms. The molecule has 0 radical (unpaired) electrons. The third-order valence-electron chi connectivity index (χ3n) is 5.25. The van der Waals surface area contributed by atoms with Crippen molar-refractivity contribution < 1.29 is 18.3 Å². The minimum Gasteiger partial charge on any atom is -0.389 e. The lowest BCUT2D eigenvalue weighted by Gasteiger charge is -2.25. The highest BCUT2D eigenvalue weighted by Crippen LogP contribution is 2.25. The van der Waals surface area contributed by atoms with Gasteiger partial charge in [0.25, 0.3) is 0 Å². The fraction of sp³-hybridized carbons (Fsp3) is 0.375. The summed E-state index contributed by atoms with van der Waals surface area (Å²) in [5.74, 6) is 5.66. The van der Waals surface area contributed by atoms with Gasteiger partial charge in [0.2, 0.25) is 0 Å². The Morgan fingerprint density at radius 2 is 1.52 bits per heavy atom. The second-order valence-corrected chi connectivity index (χ2v) is 9.90. The number of aryl methyl sites for hydroxylation is 1. The molecule has 0 aliphatic carbocycles. The maximum absolute atomic E-state index is 12.0. The monoisotopic (exact) mass is 412 g/mol. The van der Waals surface area contributed by atoms with E-state index in [1.165, 1.54) is 12.5 Å². The lowest BCUT2D eigenvalue weighted by molar-refractivity contribution is -0.124. The molecule has 2 aromatic carbocycles. The van der Waals surface area contributed by atoms with Gasteiger partial charge in [0.15, 0.2) is 15.6 Å². The molecule has 0 saturated carbocycles. The van der Waals surface area contributed by atoms with Gasteiger partial charge < -0.3 is 5.11 Å². The molecule has 0 aliphatic heterocycles. The average molecular weight is 413 g/mol. The van der Waals surface area contributed by atoms with Crippen LogP contribution in [0.4, 0.5) is 0 Å². The second-order valence-electron chi connectivity index (χ2n) is 7.46. The lowest BCUT2D eigenvalue weighted by atomic mass is 9.96. The van der Waals surface area contributed by atoms with Gasteiger partial charge in [0.1, 0.15) is 11.4 Å². The Kier molecular flexibility index (Phi) is 8.19. The molecule has 4 nitrogen and oxygen atoms in total. The number of benzene rings is 2. The molecule has 0 aromatic heterocycles. The number of carbonyl (C=O) groups excluding carboxylic acids is 1. The van der Waals surface area contributed by atoms with Crippen LogP contribution in [0.5, 0.6) is 0 Å². The van der Waals surface area contributed by atoms with Crippen molar-refractivity contribution in [3.63, 3.8) is 0 Å². The molecule has 1 N–H and O–H groups in total. The normalized spacial score (nSPS) is 13.2. The number of Topliss-reactive ketones (excluding diaryl/α,β-unsaturated/α-hetero) is 1. The van der Waals surface area contributed by atoms with E-state index < -0.39 is 27.0 Å². The van der Waals surface area contributed by atoms with E-state index in [1.807, 2.05) is 42.5 Å². The van der Waals surface area contributed by atoms with Crippen LogP contribution >= 0.6 is 0 Å². The van der Waals surface area contributed by atoms with Crippen molar-refractivity contribution >= 4 is 15.6 Å². The van der Waals surface area contributed by atoms with Crippen LogP contribution in [-0.2, 0) is 21.1 Å². The van der Waals surface area contributed by atoms with Crippen molar-refractivity contribution in [2.24, 2.45) is 0 Å². The first-order valence-corrected chi connectivity index (χ1v) is 11.7. The van der Waals surface area contributed by atoms with Crippen LogP contribution in [0.3, 0.4) is 0 Å². The molecule has 1 unspecified atom stereocenters. The highest BCUT2D eigenvalue weighted by molar-refractivity contribution is 7.92. The molecular formula is C24H28O4S. The van der Waals surface area contributed by atoms with Gasteiger partial charge in [-0.1, -0.05) is 55.0 Å². The number of ketones is 1. The van der Waals surface area contributed by atoms with Gasteiger partial charge in [-0.2, -0.15) is 0 Å². The molecule has 0 spiro atoms. The van der Waals surface area contributed by atoms with E-state index in [0.717, 1.165) is 36.6 Å². The maximum atomic E-state index is 12.0. The van der Waals surface area contributed by atoms with Gasteiger partial charge in [0.05, 0.1) is 0 Å². The summed E-state index contributed by atoms with van der Waals surface area (Å²) < 4.78 is 22.4. The van der Waals surface area contributed by atoms with E-state index in [2.05, 4.69) is 24.0 Å². The van der Waals surface area contributed by atoms with Crippen LogP contribution in [0.1, 0.15) is 49.3 Å². The summed E-state index contributed by atoms with van der Waals surface area (Å²) in [4.78, 5) is 11.9. The van der Waals surface area contributed by atoms with Gasteiger partial charge in [-0.25, -0.2) is 8.42 Å². The number of rotatable bonds is 9. The standard InChI is InChI=1S/C24H28O4S/c1-24(23(26)19-25,29(2,27)28)18-8-4-7-11-21-13-16-22(17-14-21)15-12-20-9-5-3-6-10-20/h3,5-6,9-10,13-14,16-17,25H,4,7-8,11,18-19H2,1-2H3. The molecule has 0 fully saturated rings. The molecule has 1 atom stereocenters. The first kappa shape index (κ1) is 22.9. The Morgan fingerprint density at radius 1 is 0.931 bits per heavy atom. The van der Waals surface area contributed by atoms with Crippen molar-refractivity contribution in [3.05, 3.63) is 71.3 Å². The number of hydrogen-bond acceptors (Lipinski definition) is 4. The summed E-state index contributed by atoms with van der Waals surface area (Å²) in [7, 11) is -3.57. The van der Waals surface area contributed by atoms with Crippen LogP contribution in [0.2, 0.25) is 0 Å². The van der Waals surface area contributed by atoms with Gasteiger partial charge in [-0.3, -0.25) is 4.79 Å². The third kappa shape index (κ3) is 6.56. The second kappa shape index (κ2) is 10.4. The maximum Gasteiger partial charge on any atom is 0.178 e. The minimum absolute atomic E-state index is 0.235. The van der Waals surface area contributed by atoms with Crippen LogP contribution in [0.25, 0.3) is 0 Å². The number of hydrogen-bond donors (Lipinski definition) is 1. The summed E-state index contributed by atoms with van der Waals surface area (Å²) in [6.45, 7) is 0.666. The fourth-order valence-electron chi connectivity index (χ4n) is 3.09. The van der Waals surface area contributed by atoms with E-state index in [0.29, 0.717) is 6.42 Å². The van der Waals surface area contributed by atoms with Crippen molar-refractivity contribution in [3.8, 4) is 11.8 Å². The largest absolute Gasteiger partial charge is 0.389 e. The van der Waals surface area contributed by atoms with Crippen LogP contribution in [0, 0.1) is 11.8 Å². The summed E-state index contributed by atoms with van der Waals surface area (Å²) in [6.07, 6.45) is 4.52. The first-order chi connectivity index (χ1) is 13.8. The molecule has 2 aromatic rings. The van der Waals surface area contributed by atoms with E-state index in [1.54, 1.807) is 0 Å². The SMILES string of the molecule is CC(CCCCCc1ccc(C#Cc2ccccc2)cc1)(C(=O)CO)S(C)(=O)=O. The summed E-state index contributed by atoms with van der Waals surface area (Å²) in [5, 5.41) is 9.09. The number of sulfone groups is 1. The van der Waals surface area contributed by atoms with Crippen LogP contribution in [-0.4, -0.2) is 36.9 Å². The van der Waals surface area contributed by atoms with E-state index >= 15 is 0 Å². The van der Waals surface area contributed by atoms with E-state index in [4.69, 9.17) is 5.11 Å². The van der Waals surface area contributed by atoms with Crippen LogP contribution in [0.15, 0.2) is 54.6 Å². The molecule has 0 amide bonds. The average Bonchev–Trinajstić information content (AvgIpc) is 2.72. The molecule has 0 heterocycles. The Bertz CT molecular complexity index is 967. The third-order valence-corrected chi connectivity index (χ3v) is 7.32. The summed E-state index contributed by atoms with van der Waals surface area (Å²) in [6, 6.07) is 18.0. The Hall–Kier alpha value is -2.42. The molecule has 0 saturated heterocycles. The predicted molar refractivity (Wildman–Crippen MR) is 116 cm³/mol. The van der Waals surface area contributed by atoms with Gasteiger partial charge >= 0.3 is 0 Å². The van der Waals surface area contributed by atoms with Gasteiger partial charge in [-0.15, -0.1) is 0 Å². The van der Waals surface area contributed by atoms with Crippen molar-refractivity contribution in [1.82, 2.24) is 0 Å². The van der Waals surface area contributed by atoms with Crippen molar-refractivity contribution in [2.75, 3.05) is 12.9 Å². The zero-order chi connectivity index (χ0) is 21.3. The predicted octanol–water partition coefficient (Wildman–Crippen LogP) is 3.55. The Balaban J connectivity index is 1.82. The van der Waals surface area contributed by atoms with Gasteiger partial charge in [-0.05, 0) is 56.0 Å². The number of aliphatic hydroxyl groups excluding tert-OH is 1. The van der Waals surface area contributed by atoms with Gasteiger partial charge in [0, 0.05) is 17.4 Å². The summed E-state index contributed by atoms with van der Waals surface area (Å²) in [5.41, 5.74) is 3.15. The smallest absolute Gasteiger partial charge is 0.178 e. The molecule has 29 heavy (non-hydrogen) atoms. The molecule has 2 rings (SSSR count). The van der Waals surface area contributed by atoms with Crippen molar-refractivity contribution in [2.45, 2.75) is 43.8 Å². The lowest BCUT2D eigenvalue weighted by Crippen LogP contribution is -2.44. The minimum atomic E-state index is -3.57. The van der Waals surface area contributed by atoms with Crippen LogP contribution < -0.4 is 0 Å². The molecule has 0 aliphatic rings. The number of unbranched alkanes of at least 4 members (excludes halogenated alkanes) is 2. The molecule has 154 valence electrons. The highest BCUT2D eigenvalue weighted by atomic mass is 32.2. The topological polar surface area (TPSA) is 71.4 Å². The zero-order valence-corrected chi connectivity index (χ0v) is 17.8. The van der Waals surface area contributed by atoms with Crippen molar-refractivity contribution in [1.29, 1.82) is 0 Å². The van der Waals surface area contributed by atoms with E-state index in [9.17, 15) is 13.2 Å². The Labute approximate surface area is 173 Å². The quantitative estimate of drug-likeness (QED) is 0.505. The number of carbonyl (C=O) groups is 1. The summed E-state index contributed by atoms with van der Waals surface area (Å²) >= 11 is 0. The molecular weight excluding hydrogens is 384 g/mol. The molecule has 0 bridgehead atoms. The fourth-order valence-corrected chi connectivity index (χ4v) is 4.08. The number of aliphatic hydroxyl groups is 1. The first-order valence-electron chi connectivity index (χ1n) is 9.76. The zero-order valence-electron chi connectivity index (χ0n) is 17.0.